The number of carbonyl (C=O) groups excluding carboxylic acids is 3. The van der Waals surface area contributed by atoms with Crippen molar-refractivity contribution in [1.82, 2.24) is 20.1 Å². The van der Waals surface area contributed by atoms with Crippen LogP contribution in [0.5, 0.6) is 5.75 Å². The molecule has 1 aromatic heterocycles. The minimum atomic E-state index is -0.253. The lowest BCUT2D eigenvalue weighted by atomic mass is 9.88. The van der Waals surface area contributed by atoms with Crippen molar-refractivity contribution < 1.29 is 19.5 Å². The number of hydrogen-bond acceptors (Lipinski definition) is 5. The van der Waals surface area contributed by atoms with E-state index in [0.717, 1.165) is 43.3 Å². The fourth-order valence-electron chi connectivity index (χ4n) is 5.40. The highest BCUT2D eigenvalue weighted by Crippen LogP contribution is 2.38. The standard InChI is InChI=1S/C32H46N4O4S/c1-31(2,3)18-23-22-11-12-25(37)24(29(22)34-30(23)41-32(4,5)6)20-35-19-21(35)15-16-33-26(38)10-8-7-9-17-36-27(39)13-14-28(36)40/h11-14,21,34,37H,7-10,15-20H2,1-6H3,(H,33,38)/p+1. The SMILES string of the molecule is CC(C)(C)Cc1c([SH+]C(C)(C)C)[nH]c2c(CN3CC3CCNC(=O)CCCCCN3C(=O)C=CC3=O)c(O)ccc12. The molecule has 0 radical (unpaired) electrons. The van der Waals surface area contributed by atoms with Gasteiger partial charge in [-0.05, 0) is 64.0 Å². The molecule has 3 amide bonds. The third kappa shape index (κ3) is 8.61. The fraction of sp³-hybridized carbons (Fsp3) is 0.594. The lowest BCUT2D eigenvalue weighted by Gasteiger charge is -2.18. The van der Waals surface area contributed by atoms with Gasteiger partial charge in [-0.25, -0.2) is 0 Å². The van der Waals surface area contributed by atoms with Gasteiger partial charge >= 0.3 is 0 Å². The molecule has 9 heteroatoms. The molecule has 1 saturated heterocycles. The van der Waals surface area contributed by atoms with Crippen LogP contribution in [-0.4, -0.2) is 68.0 Å². The van der Waals surface area contributed by atoms with Crippen LogP contribution in [0.25, 0.3) is 10.9 Å². The molecular formula is C32H47N4O4S+. The molecule has 0 spiro atoms. The Morgan fingerprint density at radius 2 is 1.76 bits per heavy atom. The molecule has 2 aliphatic rings. The van der Waals surface area contributed by atoms with Gasteiger partial charge in [0.05, 0.1) is 5.52 Å². The third-order valence-corrected chi connectivity index (χ3v) is 8.75. The predicted molar refractivity (Wildman–Crippen MR) is 166 cm³/mol. The predicted octanol–water partition coefficient (Wildman–Crippen LogP) is 4.61. The van der Waals surface area contributed by atoms with E-state index in [4.69, 9.17) is 0 Å². The molecule has 2 aliphatic heterocycles. The summed E-state index contributed by atoms with van der Waals surface area (Å²) >= 11 is 1.25. The monoisotopic (exact) mass is 583 g/mol. The van der Waals surface area contributed by atoms with Crippen LogP contribution in [0, 0.1) is 5.41 Å². The molecule has 3 heterocycles. The van der Waals surface area contributed by atoms with Gasteiger partial charge in [0.25, 0.3) is 11.8 Å². The van der Waals surface area contributed by atoms with E-state index in [1.807, 2.05) is 6.07 Å². The Labute approximate surface area is 248 Å². The van der Waals surface area contributed by atoms with E-state index >= 15 is 0 Å². The van der Waals surface area contributed by atoms with Crippen molar-refractivity contribution >= 4 is 40.4 Å². The summed E-state index contributed by atoms with van der Waals surface area (Å²) < 4.78 is 0.122. The number of unbranched alkanes of at least 4 members (excludes halogenated alkanes) is 2. The van der Waals surface area contributed by atoms with Gasteiger partial charge in [-0.2, -0.15) is 0 Å². The summed E-state index contributed by atoms with van der Waals surface area (Å²) in [5.74, 6) is -0.139. The third-order valence-electron chi connectivity index (χ3n) is 7.47. The maximum absolute atomic E-state index is 12.3. The average Bonchev–Trinajstić information content (AvgIpc) is 3.41. The number of hydrogen-bond donors (Lipinski definition) is 3. The van der Waals surface area contributed by atoms with Crippen LogP contribution in [0.15, 0.2) is 29.3 Å². The van der Waals surface area contributed by atoms with Gasteiger partial charge in [0.2, 0.25) is 10.9 Å². The number of phenolic OH excluding ortho intramolecular Hbond substituents is 1. The fourth-order valence-corrected chi connectivity index (χ4v) is 6.57. The van der Waals surface area contributed by atoms with E-state index in [-0.39, 0.29) is 27.9 Å². The van der Waals surface area contributed by atoms with Gasteiger partial charge in [-0.1, -0.05) is 27.2 Å². The molecule has 1 fully saturated rings. The molecule has 3 N–H and O–H groups in total. The van der Waals surface area contributed by atoms with Crippen molar-refractivity contribution in [3.05, 3.63) is 35.4 Å². The van der Waals surface area contributed by atoms with Crippen LogP contribution >= 0.6 is 0 Å². The summed E-state index contributed by atoms with van der Waals surface area (Å²) in [6.07, 6.45) is 7.13. The Morgan fingerprint density at radius 1 is 1.05 bits per heavy atom. The van der Waals surface area contributed by atoms with Crippen molar-refractivity contribution in [3.8, 4) is 5.75 Å². The summed E-state index contributed by atoms with van der Waals surface area (Å²) in [4.78, 5) is 42.7. The van der Waals surface area contributed by atoms with Crippen LogP contribution in [-0.2, 0) is 39.1 Å². The molecule has 224 valence electrons. The molecule has 8 nitrogen and oxygen atoms in total. The maximum Gasteiger partial charge on any atom is 0.253 e. The lowest BCUT2D eigenvalue weighted by Crippen LogP contribution is -2.30. The number of H-pyrrole nitrogens is 1. The highest BCUT2D eigenvalue weighted by molar-refractivity contribution is 7.80. The van der Waals surface area contributed by atoms with Crippen LogP contribution in [0.4, 0.5) is 0 Å². The minimum absolute atomic E-state index is 0.0397. The van der Waals surface area contributed by atoms with Crippen LogP contribution in [0.2, 0.25) is 0 Å². The van der Waals surface area contributed by atoms with E-state index in [0.29, 0.717) is 44.3 Å². The van der Waals surface area contributed by atoms with E-state index in [2.05, 4.69) is 62.8 Å². The second-order valence-corrected chi connectivity index (χ2v) is 15.7. The minimum Gasteiger partial charge on any atom is -0.508 e. The molecule has 0 saturated carbocycles. The number of aromatic nitrogens is 1. The van der Waals surface area contributed by atoms with Gasteiger partial charge in [0, 0.05) is 79.1 Å². The van der Waals surface area contributed by atoms with Crippen molar-refractivity contribution in [1.29, 1.82) is 0 Å². The molecule has 0 bridgehead atoms. The molecule has 0 aliphatic carbocycles. The molecular weight excluding hydrogens is 536 g/mol. The second kappa shape index (κ2) is 12.6. The summed E-state index contributed by atoms with van der Waals surface area (Å²) in [7, 11) is 0. The van der Waals surface area contributed by atoms with Crippen LogP contribution in [0.3, 0.4) is 0 Å². The number of nitrogens with one attached hydrogen (secondary N) is 2. The van der Waals surface area contributed by atoms with Crippen LogP contribution < -0.4 is 5.32 Å². The molecule has 4 rings (SSSR count). The number of rotatable bonds is 13. The van der Waals surface area contributed by atoms with E-state index in [9.17, 15) is 19.5 Å². The Bertz CT molecular complexity index is 1300. The molecule has 2 unspecified atom stereocenters. The van der Waals surface area contributed by atoms with Gasteiger partial charge in [0.15, 0.2) is 0 Å². The largest absolute Gasteiger partial charge is 0.508 e. The Balaban J connectivity index is 1.25. The summed E-state index contributed by atoms with van der Waals surface area (Å²) in [6, 6.07) is 4.29. The van der Waals surface area contributed by atoms with Gasteiger partial charge in [-0.3, -0.25) is 24.2 Å². The lowest BCUT2D eigenvalue weighted by molar-refractivity contribution is -0.137. The summed E-state index contributed by atoms with van der Waals surface area (Å²) in [5, 5.41) is 16.3. The first-order chi connectivity index (χ1) is 19.2. The zero-order chi connectivity index (χ0) is 29.9. The van der Waals surface area contributed by atoms with Gasteiger partial charge in [-0.15, -0.1) is 0 Å². The highest BCUT2D eigenvalue weighted by Gasteiger charge is 2.35. The zero-order valence-corrected chi connectivity index (χ0v) is 26.4. The maximum atomic E-state index is 12.3. The quantitative estimate of drug-likeness (QED) is 0.105. The summed E-state index contributed by atoms with van der Waals surface area (Å²) in [6.45, 7) is 16.2. The topological polar surface area (TPSA) is 106 Å². The number of imide groups is 1. The number of thiol groups is 1. The first-order valence-electron chi connectivity index (χ1n) is 14.8. The Kier molecular flexibility index (Phi) is 9.59. The number of amides is 3. The number of fused-ring (bicyclic) bond motifs is 1. The van der Waals surface area contributed by atoms with Crippen molar-refractivity contribution in [2.75, 3.05) is 19.6 Å². The van der Waals surface area contributed by atoms with Crippen molar-refractivity contribution in [2.24, 2.45) is 5.41 Å². The van der Waals surface area contributed by atoms with Crippen molar-refractivity contribution in [2.45, 2.75) is 102 Å². The molecule has 2 atom stereocenters. The first-order valence-corrected chi connectivity index (χ1v) is 15.7. The Hall–Kier alpha value is -2.78. The zero-order valence-electron chi connectivity index (χ0n) is 25.5. The Morgan fingerprint density at radius 3 is 2.41 bits per heavy atom. The molecule has 1 aromatic carbocycles. The van der Waals surface area contributed by atoms with Gasteiger partial charge < -0.3 is 15.4 Å². The number of aromatic hydroxyl groups is 1. The van der Waals surface area contributed by atoms with Gasteiger partial charge in [0.1, 0.15) is 10.5 Å². The number of nitrogens with zero attached hydrogens (tertiary/aromatic N) is 2. The number of phenols is 1. The van der Waals surface area contributed by atoms with Crippen LogP contribution in [0.1, 0.15) is 84.8 Å². The summed E-state index contributed by atoms with van der Waals surface area (Å²) in [5.41, 5.74) is 3.50. The molecule has 41 heavy (non-hydrogen) atoms. The first kappa shape index (κ1) is 31.2. The van der Waals surface area contributed by atoms with E-state index in [1.165, 1.54) is 44.8 Å². The van der Waals surface area contributed by atoms with E-state index < -0.39 is 0 Å². The second-order valence-electron chi connectivity index (χ2n) is 13.7. The average molecular weight is 584 g/mol. The van der Waals surface area contributed by atoms with E-state index in [1.54, 1.807) is 0 Å². The smallest absolute Gasteiger partial charge is 0.253 e. The normalized spacial score (nSPS) is 19.0. The number of carbonyl (C=O) groups is 3. The van der Waals surface area contributed by atoms with Crippen molar-refractivity contribution in [3.63, 3.8) is 0 Å². The number of benzene rings is 1. The molecule has 2 aromatic rings. The highest BCUT2D eigenvalue weighted by atomic mass is 32.2. The number of aromatic amines is 1.